The van der Waals surface area contributed by atoms with Crippen molar-refractivity contribution in [2.75, 3.05) is 0 Å². The van der Waals surface area contributed by atoms with Crippen LogP contribution in [-0.4, -0.2) is 4.98 Å². The average molecular weight is 349 g/mol. The fourth-order valence-electron chi connectivity index (χ4n) is 3.68. The summed E-state index contributed by atoms with van der Waals surface area (Å²) in [4.78, 5) is 4.70. The van der Waals surface area contributed by atoms with Crippen LogP contribution in [0.5, 0.6) is 0 Å². The molecule has 0 saturated carbocycles. The summed E-state index contributed by atoms with van der Waals surface area (Å²) in [6, 6.07) is 25.7. The van der Waals surface area contributed by atoms with Gasteiger partial charge < -0.3 is 0 Å². The molecule has 27 heavy (non-hydrogen) atoms. The molecular weight excluding hydrogens is 326 g/mol. The van der Waals surface area contributed by atoms with Crippen LogP contribution >= 0.6 is 0 Å². The topological polar surface area (TPSA) is 12.9 Å². The van der Waals surface area contributed by atoms with Gasteiger partial charge in [-0.15, -0.1) is 6.58 Å². The molecule has 1 heterocycles. The Bertz CT molecular complexity index is 1090. The highest BCUT2D eigenvalue weighted by Crippen LogP contribution is 2.32. The molecule has 1 nitrogen and oxygen atoms in total. The van der Waals surface area contributed by atoms with E-state index >= 15 is 0 Å². The van der Waals surface area contributed by atoms with Crippen molar-refractivity contribution >= 4 is 10.9 Å². The second-order valence-corrected chi connectivity index (χ2v) is 7.06. The third-order valence-electron chi connectivity index (χ3n) is 5.28. The number of hydrogen-bond donors (Lipinski definition) is 0. The Labute approximate surface area is 161 Å². The van der Waals surface area contributed by atoms with Gasteiger partial charge in [-0.1, -0.05) is 72.3 Å². The normalized spacial score (nSPS) is 12.1. The van der Waals surface area contributed by atoms with Gasteiger partial charge in [-0.3, -0.25) is 4.98 Å². The number of fused-ring (bicyclic) bond motifs is 1. The summed E-state index contributed by atoms with van der Waals surface area (Å²) in [6.45, 7) is 8.39. The van der Waals surface area contributed by atoms with Crippen molar-refractivity contribution in [1.29, 1.82) is 0 Å². The maximum atomic E-state index is 4.70. The van der Waals surface area contributed by atoms with Gasteiger partial charge in [0, 0.05) is 23.1 Å². The van der Waals surface area contributed by atoms with Crippen molar-refractivity contribution in [3.05, 3.63) is 114 Å². The molecule has 1 atom stereocenters. The largest absolute Gasteiger partial charge is 0.256 e. The monoisotopic (exact) mass is 349 g/mol. The number of benzene rings is 3. The van der Waals surface area contributed by atoms with Gasteiger partial charge >= 0.3 is 0 Å². The second kappa shape index (κ2) is 7.20. The van der Waals surface area contributed by atoms with Crippen LogP contribution in [0.25, 0.3) is 22.0 Å². The SMILES string of the molecule is C=CC(c1ccc(C)cc1)c1ccc2ncc(-c3ccccc3)c(C)c2c1. The molecular formula is C26H23N. The Morgan fingerprint density at radius 1 is 0.852 bits per heavy atom. The van der Waals surface area contributed by atoms with E-state index in [0.717, 1.165) is 5.52 Å². The van der Waals surface area contributed by atoms with Crippen LogP contribution in [0.1, 0.15) is 28.2 Å². The van der Waals surface area contributed by atoms with Crippen LogP contribution in [0.2, 0.25) is 0 Å². The number of allylic oxidation sites excluding steroid dienone is 1. The first-order valence-electron chi connectivity index (χ1n) is 9.31. The Hall–Kier alpha value is -3.19. The quantitative estimate of drug-likeness (QED) is 0.368. The zero-order valence-electron chi connectivity index (χ0n) is 15.8. The number of nitrogens with zero attached hydrogens (tertiary/aromatic N) is 1. The standard InChI is InChI=1S/C26H23N/c1-4-23(21-12-10-18(2)11-13-21)22-14-15-26-24(16-22)19(3)25(17-27-26)20-8-6-5-7-9-20/h4-17,23H,1H2,2-3H3. The minimum atomic E-state index is 0.176. The van der Waals surface area contributed by atoms with E-state index in [0.29, 0.717) is 0 Å². The first-order valence-corrected chi connectivity index (χ1v) is 9.31. The molecule has 0 amide bonds. The van der Waals surface area contributed by atoms with E-state index < -0.39 is 0 Å². The molecule has 0 aliphatic heterocycles. The van der Waals surface area contributed by atoms with Crippen molar-refractivity contribution in [1.82, 2.24) is 4.98 Å². The van der Waals surface area contributed by atoms with E-state index in [1.165, 1.54) is 38.8 Å². The molecule has 0 N–H and O–H groups in total. The fraction of sp³-hybridized carbons (Fsp3) is 0.115. The van der Waals surface area contributed by atoms with E-state index in [1.54, 1.807) is 0 Å². The first kappa shape index (κ1) is 17.2. The molecule has 4 aromatic rings. The van der Waals surface area contributed by atoms with Gasteiger partial charge in [-0.2, -0.15) is 0 Å². The molecule has 1 unspecified atom stereocenters. The number of aromatic nitrogens is 1. The highest BCUT2D eigenvalue weighted by atomic mass is 14.7. The Morgan fingerprint density at radius 2 is 1.56 bits per heavy atom. The average Bonchev–Trinajstić information content (AvgIpc) is 2.71. The van der Waals surface area contributed by atoms with Crippen LogP contribution < -0.4 is 0 Å². The number of pyridine rings is 1. The van der Waals surface area contributed by atoms with Crippen LogP contribution in [0.4, 0.5) is 0 Å². The van der Waals surface area contributed by atoms with E-state index in [9.17, 15) is 0 Å². The van der Waals surface area contributed by atoms with Crippen molar-refractivity contribution in [3.8, 4) is 11.1 Å². The van der Waals surface area contributed by atoms with Crippen LogP contribution in [0.3, 0.4) is 0 Å². The summed E-state index contributed by atoms with van der Waals surface area (Å²) >= 11 is 0. The Balaban J connectivity index is 1.84. The lowest BCUT2D eigenvalue weighted by Gasteiger charge is -2.16. The maximum absolute atomic E-state index is 4.70. The zero-order valence-corrected chi connectivity index (χ0v) is 15.8. The first-order chi connectivity index (χ1) is 13.2. The number of aryl methyl sites for hydroxylation is 2. The van der Waals surface area contributed by atoms with Gasteiger partial charge in [0.05, 0.1) is 5.52 Å². The third-order valence-corrected chi connectivity index (χ3v) is 5.28. The van der Waals surface area contributed by atoms with Crippen LogP contribution in [0.15, 0.2) is 91.6 Å². The van der Waals surface area contributed by atoms with Gasteiger partial charge in [0.15, 0.2) is 0 Å². The van der Waals surface area contributed by atoms with Crippen molar-refractivity contribution in [2.24, 2.45) is 0 Å². The molecule has 0 spiro atoms. The molecule has 3 aromatic carbocycles. The van der Waals surface area contributed by atoms with E-state index in [2.05, 4.69) is 87.2 Å². The van der Waals surface area contributed by atoms with Crippen LogP contribution in [-0.2, 0) is 0 Å². The Kier molecular flexibility index (Phi) is 4.60. The smallest absolute Gasteiger partial charge is 0.0705 e. The molecule has 1 heteroatoms. The van der Waals surface area contributed by atoms with E-state index in [1.807, 2.05) is 18.3 Å². The van der Waals surface area contributed by atoms with Crippen LogP contribution in [0, 0.1) is 13.8 Å². The van der Waals surface area contributed by atoms with Crippen molar-refractivity contribution < 1.29 is 0 Å². The third kappa shape index (κ3) is 3.29. The van der Waals surface area contributed by atoms with Crippen molar-refractivity contribution in [2.45, 2.75) is 19.8 Å². The van der Waals surface area contributed by atoms with Gasteiger partial charge in [0.1, 0.15) is 0 Å². The molecule has 0 aliphatic rings. The summed E-state index contributed by atoms with van der Waals surface area (Å²) in [5, 5.41) is 1.20. The lowest BCUT2D eigenvalue weighted by Crippen LogP contribution is -1.99. The summed E-state index contributed by atoms with van der Waals surface area (Å²) in [6.07, 6.45) is 4.01. The van der Waals surface area contributed by atoms with E-state index in [-0.39, 0.29) is 5.92 Å². The molecule has 0 bridgehead atoms. The zero-order chi connectivity index (χ0) is 18.8. The highest BCUT2D eigenvalue weighted by Gasteiger charge is 2.13. The summed E-state index contributed by atoms with van der Waals surface area (Å²) in [5.41, 5.74) is 8.46. The number of hydrogen-bond acceptors (Lipinski definition) is 1. The molecule has 0 saturated heterocycles. The molecule has 0 radical (unpaired) electrons. The van der Waals surface area contributed by atoms with Gasteiger partial charge in [0.2, 0.25) is 0 Å². The minimum Gasteiger partial charge on any atom is -0.256 e. The molecule has 0 fully saturated rings. The molecule has 4 rings (SSSR count). The summed E-state index contributed by atoms with van der Waals surface area (Å²) in [7, 11) is 0. The van der Waals surface area contributed by atoms with Gasteiger partial charge in [-0.25, -0.2) is 0 Å². The highest BCUT2D eigenvalue weighted by molar-refractivity contribution is 5.89. The van der Waals surface area contributed by atoms with Gasteiger partial charge in [0.25, 0.3) is 0 Å². The number of rotatable bonds is 4. The van der Waals surface area contributed by atoms with Gasteiger partial charge in [-0.05, 0) is 48.2 Å². The molecule has 0 aliphatic carbocycles. The molecule has 1 aromatic heterocycles. The lowest BCUT2D eigenvalue weighted by molar-refractivity contribution is 1.03. The predicted molar refractivity (Wildman–Crippen MR) is 115 cm³/mol. The lowest BCUT2D eigenvalue weighted by atomic mass is 9.89. The molecule has 132 valence electrons. The maximum Gasteiger partial charge on any atom is 0.0705 e. The second-order valence-electron chi connectivity index (χ2n) is 7.06. The minimum absolute atomic E-state index is 0.176. The summed E-state index contributed by atoms with van der Waals surface area (Å²) in [5.74, 6) is 0.176. The van der Waals surface area contributed by atoms with Crippen molar-refractivity contribution in [3.63, 3.8) is 0 Å². The summed E-state index contributed by atoms with van der Waals surface area (Å²) < 4.78 is 0. The Morgan fingerprint density at radius 3 is 2.26 bits per heavy atom. The fourth-order valence-corrected chi connectivity index (χ4v) is 3.68. The predicted octanol–water partition coefficient (Wildman–Crippen LogP) is 6.84. The van der Waals surface area contributed by atoms with E-state index in [4.69, 9.17) is 4.98 Å².